The Morgan fingerprint density at radius 3 is 2.29 bits per heavy atom. The van der Waals surface area contributed by atoms with E-state index in [9.17, 15) is 0 Å². The van der Waals surface area contributed by atoms with Gasteiger partial charge in [-0.3, -0.25) is 0 Å². The molecule has 0 radical (unpaired) electrons. The number of rotatable bonds is 8. The third-order valence-electron chi connectivity index (χ3n) is 3.26. The summed E-state index contributed by atoms with van der Waals surface area (Å²) in [5.74, 6) is 2.79. The molecule has 0 amide bonds. The maximum absolute atomic E-state index is 5.88. The molecule has 0 saturated heterocycles. The molecule has 24 heavy (non-hydrogen) atoms. The Morgan fingerprint density at radius 2 is 1.54 bits per heavy atom. The van der Waals surface area contributed by atoms with Crippen molar-refractivity contribution >= 4 is 34.0 Å². The minimum Gasteiger partial charge on any atom is -0.493 e. The Bertz CT molecular complexity index is 785. The second-order valence-electron chi connectivity index (χ2n) is 4.86. The fraction of sp³-hybridized carbons (Fsp3) is 0.333. The molecule has 0 aliphatic heterocycles. The highest BCUT2D eigenvalue weighted by atomic mass is 32.1. The zero-order valence-corrected chi connectivity index (χ0v) is 16.4. The molecule has 0 saturated carbocycles. The number of hydrogen-bond acceptors (Lipinski definition) is 6. The van der Waals surface area contributed by atoms with E-state index in [0.29, 0.717) is 19.8 Å². The molecule has 0 fully saturated rings. The second kappa shape index (κ2) is 8.05. The first-order chi connectivity index (χ1) is 11.8. The van der Waals surface area contributed by atoms with E-state index in [2.05, 4.69) is 17.5 Å². The van der Waals surface area contributed by atoms with Crippen LogP contribution in [0.15, 0.2) is 29.0 Å². The van der Waals surface area contributed by atoms with Gasteiger partial charge >= 0.3 is 0 Å². The maximum Gasteiger partial charge on any atom is 0.139 e. The molecular formula is C18H20O3S3. The highest BCUT2D eigenvalue weighted by molar-refractivity contribution is 7.26. The predicted molar refractivity (Wildman–Crippen MR) is 104 cm³/mol. The first-order valence-corrected chi connectivity index (χ1v) is 10.5. The van der Waals surface area contributed by atoms with Gasteiger partial charge in [-0.1, -0.05) is 0 Å². The summed E-state index contributed by atoms with van der Waals surface area (Å²) in [5.41, 5.74) is 0. The lowest BCUT2D eigenvalue weighted by Gasteiger charge is -2.02. The van der Waals surface area contributed by atoms with E-state index in [1.807, 2.05) is 32.2 Å². The molecule has 0 bridgehead atoms. The minimum absolute atomic E-state index is 0.648. The SMILES string of the molecule is CCOc1csc(-c2sc(-c3sccc3OCC)cc2OCC)c1. The van der Waals surface area contributed by atoms with Gasteiger partial charge in [0, 0.05) is 11.4 Å². The van der Waals surface area contributed by atoms with Gasteiger partial charge in [-0.15, -0.1) is 34.0 Å². The van der Waals surface area contributed by atoms with E-state index in [0.717, 1.165) is 27.0 Å². The molecule has 0 atom stereocenters. The molecule has 0 aliphatic carbocycles. The van der Waals surface area contributed by atoms with Gasteiger partial charge in [-0.2, -0.15) is 0 Å². The summed E-state index contributed by atoms with van der Waals surface area (Å²) in [6.45, 7) is 8.01. The number of ether oxygens (including phenoxy) is 3. The lowest BCUT2D eigenvalue weighted by atomic mass is 10.3. The van der Waals surface area contributed by atoms with Crippen molar-refractivity contribution in [1.29, 1.82) is 0 Å². The summed E-state index contributed by atoms with van der Waals surface area (Å²) in [6, 6.07) is 6.24. The first kappa shape index (κ1) is 17.3. The number of hydrogen-bond donors (Lipinski definition) is 0. The van der Waals surface area contributed by atoms with Crippen LogP contribution < -0.4 is 14.2 Å². The topological polar surface area (TPSA) is 27.7 Å². The summed E-state index contributed by atoms with van der Waals surface area (Å²) in [4.78, 5) is 4.67. The Kier molecular flexibility index (Phi) is 5.81. The molecule has 3 nitrogen and oxygen atoms in total. The van der Waals surface area contributed by atoms with Crippen LogP contribution in [-0.2, 0) is 0 Å². The largest absolute Gasteiger partial charge is 0.493 e. The van der Waals surface area contributed by atoms with Gasteiger partial charge in [0.25, 0.3) is 0 Å². The number of thiophene rings is 3. The smallest absolute Gasteiger partial charge is 0.139 e. The van der Waals surface area contributed by atoms with Gasteiger partial charge in [0.05, 0.1) is 39.3 Å². The van der Waals surface area contributed by atoms with Crippen molar-refractivity contribution in [3.05, 3.63) is 29.0 Å². The lowest BCUT2D eigenvalue weighted by Crippen LogP contribution is -1.91. The quantitative estimate of drug-likeness (QED) is 0.452. The van der Waals surface area contributed by atoms with Crippen molar-refractivity contribution in [3.8, 4) is 36.8 Å². The second-order valence-corrected chi connectivity index (χ2v) is 7.74. The van der Waals surface area contributed by atoms with Crippen LogP contribution in [0.5, 0.6) is 17.2 Å². The van der Waals surface area contributed by atoms with E-state index in [1.54, 1.807) is 34.0 Å². The molecule has 0 aromatic carbocycles. The van der Waals surface area contributed by atoms with Gasteiger partial charge < -0.3 is 14.2 Å². The molecule has 128 valence electrons. The van der Waals surface area contributed by atoms with Crippen molar-refractivity contribution in [3.63, 3.8) is 0 Å². The molecule has 0 aliphatic rings. The Labute approximate surface area is 154 Å². The molecular weight excluding hydrogens is 360 g/mol. The molecule has 0 unspecified atom stereocenters. The van der Waals surface area contributed by atoms with Crippen molar-refractivity contribution in [2.75, 3.05) is 19.8 Å². The predicted octanol–water partition coefficient (Wildman–Crippen LogP) is 6.40. The van der Waals surface area contributed by atoms with Crippen LogP contribution in [0.25, 0.3) is 19.5 Å². The monoisotopic (exact) mass is 380 g/mol. The van der Waals surface area contributed by atoms with Gasteiger partial charge in [-0.05, 0) is 38.3 Å². The van der Waals surface area contributed by atoms with Gasteiger partial charge in [0.1, 0.15) is 17.2 Å². The summed E-state index contributed by atoms with van der Waals surface area (Å²) >= 11 is 5.13. The van der Waals surface area contributed by atoms with Crippen molar-refractivity contribution in [2.45, 2.75) is 20.8 Å². The van der Waals surface area contributed by atoms with Crippen LogP contribution in [0.4, 0.5) is 0 Å². The molecule has 3 aromatic heterocycles. The van der Waals surface area contributed by atoms with Gasteiger partial charge in [-0.25, -0.2) is 0 Å². The Morgan fingerprint density at radius 1 is 0.792 bits per heavy atom. The summed E-state index contributed by atoms with van der Waals surface area (Å²) < 4.78 is 17.2. The summed E-state index contributed by atoms with van der Waals surface area (Å²) in [5, 5.41) is 4.11. The normalized spacial score (nSPS) is 10.8. The lowest BCUT2D eigenvalue weighted by molar-refractivity contribution is 0.341. The molecule has 3 rings (SSSR count). The van der Waals surface area contributed by atoms with Crippen LogP contribution in [-0.4, -0.2) is 19.8 Å². The molecule has 0 N–H and O–H groups in total. The third-order valence-corrected chi connectivity index (χ3v) is 6.54. The minimum atomic E-state index is 0.648. The Balaban J connectivity index is 1.99. The molecule has 3 heterocycles. The van der Waals surface area contributed by atoms with E-state index < -0.39 is 0 Å². The Hall–Kier alpha value is -1.50. The average Bonchev–Trinajstić information content (AvgIpc) is 3.27. The zero-order valence-electron chi connectivity index (χ0n) is 14.0. The van der Waals surface area contributed by atoms with Crippen molar-refractivity contribution in [1.82, 2.24) is 0 Å². The summed E-state index contributed by atoms with van der Waals surface area (Å²) in [7, 11) is 0. The molecule has 0 spiro atoms. The highest BCUT2D eigenvalue weighted by Crippen LogP contribution is 2.49. The van der Waals surface area contributed by atoms with E-state index in [1.165, 1.54) is 9.75 Å². The van der Waals surface area contributed by atoms with Crippen LogP contribution in [0, 0.1) is 0 Å². The van der Waals surface area contributed by atoms with Crippen LogP contribution in [0.1, 0.15) is 20.8 Å². The van der Waals surface area contributed by atoms with Gasteiger partial charge in [0.15, 0.2) is 0 Å². The maximum atomic E-state index is 5.88. The first-order valence-electron chi connectivity index (χ1n) is 7.95. The fourth-order valence-electron chi connectivity index (χ4n) is 2.35. The highest BCUT2D eigenvalue weighted by Gasteiger charge is 2.18. The summed E-state index contributed by atoms with van der Waals surface area (Å²) in [6.07, 6.45) is 0. The van der Waals surface area contributed by atoms with E-state index in [4.69, 9.17) is 14.2 Å². The molecule has 3 aromatic rings. The van der Waals surface area contributed by atoms with Gasteiger partial charge in [0.2, 0.25) is 0 Å². The standard InChI is InChI=1S/C18H20O3S3/c1-4-19-12-9-15(23-11-12)18-14(21-6-3)10-16(24-18)17-13(20-5-2)7-8-22-17/h7-11H,4-6H2,1-3H3. The zero-order chi connectivity index (χ0) is 16.9. The fourth-order valence-corrected chi connectivity index (χ4v) is 5.36. The average molecular weight is 381 g/mol. The van der Waals surface area contributed by atoms with Crippen molar-refractivity contribution in [2.24, 2.45) is 0 Å². The third kappa shape index (κ3) is 3.61. The van der Waals surface area contributed by atoms with Crippen LogP contribution in [0.2, 0.25) is 0 Å². The van der Waals surface area contributed by atoms with Crippen LogP contribution in [0.3, 0.4) is 0 Å². The van der Waals surface area contributed by atoms with Crippen molar-refractivity contribution < 1.29 is 14.2 Å². The van der Waals surface area contributed by atoms with E-state index >= 15 is 0 Å². The van der Waals surface area contributed by atoms with Crippen LogP contribution >= 0.6 is 34.0 Å². The molecule has 6 heteroatoms. The van der Waals surface area contributed by atoms with E-state index in [-0.39, 0.29) is 0 Å².